The van der Waals surface area contributed by atoms with Gasteiger partial charge < -0.3 is 9.80 Å². The number of allylic oxidation sites excluding steroid dienone is 4. The van der Waals surface area contributed by atoms with E-state index in [0.717, 1.165) is 66.9 Å². The van der Waals surface area contributed by atoms with Gasteiger partial charge in [-0.25, -0.2) is 8.42 Å². The van der Waals surface area contributed by atoms with Gasteiger partial charge in [0.2, 0.25) is 0 Å². The number of halogens is 2. The summed E-state index contributed by atoms with van der Waals surface area (Å²) in [5.74, 6) is -0.303. The van der Waals surface area contributed by atoms with Crippen molar-refractivity contribution in [2.24, 2.45) is 0 Å². The molecule has 0 spiro atoms. The number of Topliss-reactive ketones (excluding diaryl/α,β-unsaturated/α-hetero) is 1. The summed E-state index contributed by atoms with van der Waals surface area (Å²) in [6, 6.07) is 10.0. The van der Waals surface area contributed by atoms with Crippen LogP contribution in [0.3, 0.4) is 0 Å². The molecule has 2 aliphatic carbocycles. The van der Waals surface area contributed by atoms with Crippen molar-refractivity contribution in [3.05, 3.63) is 91.5 Å². The van der Waals surface area contributed by atoms with Crippen LogP contribution in [0.25, 0.3) is 5.57 Å². The first-order chi connectivity index (χ1) is 20.5. The molecule has 4 aliphatic rings. The minimum atomic E-state index is -3.79. The van der Waals surface area contributed by atoms with Gasteiger partial charge in [0.05, 0.1) is 10.6 Å². The maximum Gasteiger partial charge on any atom is 0.254 e. The Morgan fingerprint density at radius 3 is 2.44 bits per heavy atom. The van der Waals surface area contributed by atoms with E-state index in [2.05, 4.69) is 9.80 Å². The van der Waals surface area contributed by atoms with E-state index < -0.39 is 9.84 Å². The minimum Gasteiger partial charge on any atom is -0.334 e. The molecule has 0 saturated carbocycles. The van der Waals surface area contributed by atoms with E-state index in [-0.39, 0.29) is 34.8 Å². The molecule has 226 valence electrons. The number of hydrogen-bond donors (Lipinski definition) is 0. The van der Waals surface area contributed by atoms with Crippen LogP contribution < -0.4 is 0 Å². The van der Waals surface area contributed by atoms with Gasteiger partial charge in [-0.1, -0.05) is 40.9 Å². The molecule has 2 heterocycles. The summed E-state index contributed by atoms with van der Waals surface area (Å²) in [6.45, 7) is 7.92. The van der Waals surface area contributed by atoms with Gasteiger partial charge >= 0.3 is 0 Å². The summed E-state index contributed by atoms with van der Waals surface area (Å²) in [4.78, 5) is 31.8. The van der Waals surface area contributed by atoms with Gasteiger partial charge in [0.25, 0.3) is 5.91 Å². The van der Waals surface area contributed by atoms with Crippen LogP contribution in [-0.4, -0.2) is 62.1 Å². The van der Waals surface area contributed by atoms with Gasteiger partial charge in [0.1, 0.15) is 0 Å². The van der Waals surface area contributed by atoms with Gasteiger partial charge in [-0.3, -0.25) is 9.59 Å². The Morgan fingerprint density at radius 2 is 1.72 bits per heavy atom. The quantitative estimate of drug-likeness (QED) is 0.320. The first kappa shape index (κ1) is 30.3. The Kier molecular flexibility index (Phi) is 8.46. The molecule has 0 aromatic heterocycles. The van der Waals surface area contributed by atoms with Crippen molar-refractivity contribution >= 4 is 50.3 Å². The van der Waals surface area contributed by atoms with Crippen LogP contribution in [0.4, 0.5) is 0 Å². The number of sulfone groups is 1. The second-order valence-electron chi connectivity index (χ2n) is 12.2. The first-order valence-electron chi connectivity index (χ1n) is 15.0. The third-order valence-corrected chi connectivity index (χ3v) is 11.7. The normalized spacial score (nSPS) is 22.0. The molecule has 6 nitrogen and oxygen atoms in total. The number of hydrogen-bond acceptors (Lipinski definition) is 5. The molecule has 0 bridgehead atoms. The Hall–Kier alpha value is -2.71. The van der Waals surface area contributed by atoms with Crippen LogP contribution in [0, 0.1) is 0 Å². The highest BCUT2D eigenvalue weighted by Gasteiger charge is 2.36. The average Bonchev–Trinajstić information content (AvgIpc) is 3.75. The van der Waals surface area contributed by atoms with E-state index >= 15 is 0 Å². The van der Waals surface area contributed by atoms with Crippen molar-refractivity contribution in [3.8, 4) is 0 Å². The topological polar surface area (TPSA) is 74.8 Å². The Morgan fingerprint density at radius 1 is 1.00 bits per heavy atom. The number of amides is 1. The molecule has 6 rings (SSSR count). The molecule has 1 atom stereocenters. The molecule has 2 aromatic rings. The monoisotopic (exact) mass is 638 g/mol. The van der Waals surface area contributed by atoms with Crippen molar-refractivity contribution < 1.29 is 18.0 Å². The Labute approximate surface area is 263 Å². The van der Waals surface area contributed by atoms with Crippen molar-refractivity contribution in [2.45, 2.75) is 69.1 Å². The SMILES string of the molecule is CC1=C(C(=O)N2CCC[C@@H]2CN2CCCC2)C(C)=C(/C=C2\C(=O)Cc3ccc(S(=O)(=O)Cc4c(Cl)cccc4Cl)cc32)C1. The van der Waals surface area contributed by atoms with Crippen LogP contribution in [0.1, 0.15) is 62.6 Å². The van der Waals surface area contributed by atoms with Gasteiger partial charge in [0.15, 0.2) is 15.6 Å². The molecule has 2 saturated heterocycles. The molecule has 43 heavy (non-hydrogen) atoms. The van der Waals surface area contributed by atoms with Crippen molar-refractivity contribution in [3.63, 3.8) is 0 Å². The van der Waals surface area contributed by atoms with Crippen LogP contribution in [0.15, 0.2) is 69.7 Å². The van der Waals surface area contributed by atoms with Crippen molar-refractivity contribution in [2.75, 3.05) is 26.2 Å². The molecule has 2 aromatic carbocycles. The number of benzene rings is 2. The molecule has 2 aliphatic heterocycles. The summed E-state index contributed by atoms with van der Waals surface area (Å²) >= 11 is 12.5. The summed E-state index contributed by atoms with van der Waals surface area (Å²) in [5, 5.41) is 0.585. The molecular formula is C34H36Cl2N2O4S. The van der Waals surface area contributed by atoms with Gasteiger partial charge in [-0.2, -0.15) is 0 Å². The Bertz CT molecular complexity index is 1700. The summed E-state index contributed by atoms with van der Waals surface area (Å²) in [5.41, 5.74) is 5.88. The molecule has 0 N–H and O–H groups in total. The number of likely N-dealkylation sites (tertiary alicyclic amines) is 2. The van der Waals surface area contributed by atoms with E-state index in [4.69, 9.17) is 23.2 Å². The van der Waals surface area contributed by atoms with Crippen LogP contribution in [0.2, 0.25) is 10.0 Å². The van der Waals surface area contributed by atoms with Crippen molar-refractivity contribution in [1.29, 1.82) is 0 Å². The zero-order valence-electron chi connectivity index (χ0n) is 24.6. The van der Waals surface area contributed by atoms with Gasteiger partial charge in [-0.15, -0.1) is 0 Å². The molecule has 2 fully saturated rings. The van der Waals surface area contributed by atoms with Crippen LogP contribution in [-0.2, 0) is 31.6 Å². The Balaban J connectivity index is 1.27. The second-order valence-corrected chi connectivity index (χ2v) is 15.0. The molecule has 0 radical (unpaired) electrons. The number of carbonyl (C=O) groups excluding carboxylic acids is 2. The number of nitrogens with zero attached hydrogens (tertiary/aromatic N) is 2. The third kappa shape index (κ3) is 5.89. The maximum atomic E-state index is 13.9. The number of carbonyl (C=O) groups is 2. The number of rotatable bonds is 7. The lowest BCUT2D eigenvalue weighted by molar-refractivity contribution is -0.128. The summed E-state index contributed by atoms with van der Waals surface area (Å²) < 4.78 is 26.9. The standard InChI is InChI=1S/C34H36Cl2N2O4S/c1-21-15-24(22(2)33(21)34(40)38-14-6-7-25(38)19-37-12-3-4-13-37)16-28-27-18-26(11-10-23(27)17-32(28)39)43(41,42)20-29-30(35)8-5-9-31(29)36/h5,8-11,16,18,25H,3-4,6-7,12-15,17,19-20H2,1-2H3/b28-16-/t25-/m1/s1. The lowest BCUT2D eigenvalue weighted by atomic mass is 10.0. The third-order valence-electron chi connectivity index (χ3n) is 9.36. The predicted octanol–water partition coefficient (Wildman–Crippen LogP) is 6.60. The lowest BCUT2D eigenvalue weighted by Crippen LogP contribution is -2.43. The second kappa shape index (κ2) is 12.0. The van der Waals surface area contributed by atoms with E-state index in [9.17, 15) is 18.0 Å². The van der Waals surface area contributed by atoms with Crippen LogP contribution in [0.5, 0.6) is 0 Å². The number of ketones is 1. The van der Waals surface area contributed by atoms with Crippen molar-refractivity contribution in [1.82, 2.24) is 9.80 Å². The molecule has 1 amide bonds. The zero-order valence-corrected chi connectivity index (χ0v) is 26.9. The maximum absolute atomic E-state index is 13.9. The lowest BCUT2D eigenvalue weighted by Gasteiger charge is -2.29. The van der Waals surface area contributed by atoms with Gasteiger partial charge in [0, 0.05) is 52.3 Å². The van der Waals surface area contributed by atoms with E-state index in [0.29, 0.717) is 33.2 Å². The largest absolute Gasteiger partial charge is 0.334 e. The highest BCUT2D eigenvalue weighted by atomic mass is 35.5. The first-order valence-corrected chi connectivity index (χ1v) is 17.4. The van der Waals surface area contributed by atoms with E-state index in [1.54, 1.807) is 36.4 Å². The fraction of sp³-hybridized carbons (Fsp3) is 0.412. The fourth-order valence-electron chi connectivity index (χ4n) is 7.04. The minimum absolute atomic E-state index is 0.0540. The number of fused-ring (bicyclic) bond motifs is 1. The average molecular weight is 640 g/mol. The zero-order chi connectivity index (χ0) is 30.5. The van der Waals surface area contributed by atoms with E-state index in [1.807, 2.05) is 19.9 Å². The van der Waals surface area contributed by atoms with E-state index in [1.165, 1.54) is 12.8 Å². The molecular weight excluding hydrogens is 603 g/mol. The van der Waals surface area contributed by atoms with Crippen LogP contribution >= 0.6 is 23.2 Å². The molecule has 0 unspecified atom stereocenters. The predicted molar refractivity (Wildman–Crippen MR) is 171 cm³/mol. The van der Waals surface area contributed by atoms with Gasteiger partial charge in [-0.05, 0) is 112 Å². The summed E-state index contributed by atoms with van der Waals surface area (Å²) in [6.07, 6.45) is 7.20. The smallest absolute Gasteiger partial charge is 0.254 e. The highest BCUT2D eigenvalue weighted by Crippen LogP contribution is 2.40. The fourth-order valence-corrected chi connectivity index (χ4v) is 9.16. The summed E-state index contributed by atoms with van der Waals surface area (Å²) in [7, 11) is -3.79. The highest BCUT2D eigenvalue weighted by molar-refractivity contribution is 7.90. The molecule has 9 heteroatoms.